The van der Waals surface area contributed by atoms with Crippen molar-refractivity contribution in [3.63, 3.8) is 0 Å². The molecule has 20 heavy (non-hydrogen) atoms. The molecule has 0 aliphatic rings. The smallest absolute Gasteiger partial charge is 0.142 e. The van der Waals surface area contributed by atoms with Crippen LogP contribution in [-0.2, 0) is 0 Å². The number of hydrogen-bond donors (Lipinski definition) is 1. The summed E-state index contributed by atoms with van der Waals surface area (Å²) >= 11 is 1.72. The molecule has 0 radical (unpaired) electrons. The van der Waals surface area contributed by atoms with Crippen LogP contribution in [0.3, 0.4) is 0 Å². The van der Waals surface area contributed by atoms with Gasteiger partial charge in [0.1, 0.15) is 17.0 Å². The molecule has 0 bridgehead atoms. The minimum atomic E-state index is 0.894. The molecule has 0 unspecified atom stereocenters. The van der Waals surface area contributed by atoms with Crippen LogP contribution in [-0.4, -0.2) is 9.97 Å². The Morgan fingerprint density at radius 3 is 2.60 bits per heavy atom. The van der Waals surface area contributed by atoms with E-state index in [-0.39, 0.29) is 0 Å². The summed E-state index contributed by atoms with van der Waals surface area (Å²) in [4.78, 5) is 11.1. The fourth-order valence-corrected chi connectivity index (χ4v) is 3.29. The van der Waals surface area contributed by atoms with Crippen LogP contribution < -0.4 is 5.32 Å². The molecule has 3 aromatic rings. The van der Waals surface area contributed by atoms with Crippen molar-refractivity contribution in [2.45, 2.75) is 27.7 Å². The lowest BCUT2D eigenvalue weighted by Gasteiger charge is -2.11. The molecule has 0 saturated carbocycles. The van der Waals surface area contributed by atoms with Crippen molar-refractivity contribution in [1.82, 2.24) is 9.97 Å². The average molecular weight is 283 g/mol. The normalized spacial score (nSPS) is 11.0. The first kappa shape index (κ1) is 13.1. The lowest BCUT2D eigenvalue weighted by Crippen LogP contribution is -1.98. The predicted octanol–water partition coefficient (Wildman–Crippen LogP) is 4.67. The Bertz CT molecular complexity index is 790. The number of hydrogen-bond acceptors (Lipinski definition) is 4. The van der Waals surface area contributed by atoms with Gasteiger partial charge < -0.3 is 5.32 Å². The van der Waals surface area contributed by atoms with Gasteiger partial charge in [-0.05, 0) is 50.5 Å². The Hall–Kier alpha value is -1.94. The molecule has 0 atom stereocenters. The second kappa shape index (κ2) is 4.87. The van der Waals surface area contributed by atoms with Crippen molar-refractivity contribution in [2.75, 3.05) is 5.32 Å². The standard InChI is InChI=1S/C16H17N3S/c1-9-6-5-7-13(10(9)2)19-15-14-11(3)12(4)20-16(14)18-8-17-15/h5-8H,1-4H3,(H,17,18,19). The van der Waals surface area contributed by atoms with Crippen LogP contribution >= 0.6 is 11.3 Å². The minimum absolute atomic E-state index is 0.894. The molecule has 0 amide bonds. The monoisotopic (exact) mass is 283 g/mol. The van der Waals surface area contributed by atoms with Gasteiger partial charge in [-0.15, -0.1) is 11.3 Å². The summed E-state index contributed by atoms with van der Waals surface area (Å²) in [5, 5.41) is 4.60. The van der Waals surface area contributed by atoms with Crippen LogP contribution in [0.2, 0.25) is 0 Å². The number of anilines is 2. The van der Waals surface area contributed by atoms with Gasteiger partial charge >= 0.3 is 0 Å². The number of nitrogens with one attached hydrogen (secondary N) is 1. The Morgan fingerprint density at radius 1 is 1.00 bits per heavy atom. The van der Waals surface area contributed by atoms with E-state index in [0.717, 1.165) is 21.7 Å². The second-order valence-electron chi connectivity index (χ2n) is 5.06. The molecule has 4 heteroatoms. The van der Waals surface area contributed by atoms with Gasteiger partial charge in [0.05, 0.1) is 5.39 Å². The topological polar surface area (TPSA) is 37.8 Å². The number of aryl methyl sites for hydroxylation is 3. The summed E-state index contributed by atoms with van der Waals surface area (Å²) in [5.41, 5.74) is 4.90. The third-order valence-corrected chi connectivity index (χ3v) is 4.94. The number of benzene rings is 1. The van der Waals surface area contributed by atoms with Gasteiger partial charge in [-0.25, -0.2) is 9.97 Å². The van der Waals surface area contributed by atoms with Gasteiger partial charge in [-0.1, -0.05) is 12.1 Å². The number of nitrogens with zero attached hydrogens (tertiary/aromatic N) is 2. The maximum absolute atomic E-state index is 4.43. The lowest BCUT2D eigenvalue weighted by atomic mass is 10.1. The maximum atomic E-state index is 4.43. The van der Waals surface area contributed by atoms with E-state index in [1.54, 1.807) is 17.7 Å². The fourth-order valence-electron chi connectivity index (χ4n) is 2.29. The van der Waals surface area contributed by atoms with E-state index in [4.69, 9.17) is 0 Å². The van der Waals surface area contributed by atoms with Gasteiger partial charge in [-0.3, -0.25) is 0 Å². The van der Waals surface area contributed by atoms with E-state index in [1.807, 2.05) is 0 Å². The van der Waals surface area contributed by atoms with E-state index in [2.05, 4.69) is 61.2 Å². The zero-order valence-corrected chi connectivity index (χ0v) is 12.9. The molecule has 0 aliphatic heterocycles. The number of rotatable bonds is 2. The van der Waals surface area contributed by atoms with Crippen LogP contribution in [0.1, 0.15) is 21.6 Å². The Morgan fingerprint density at radius 2 is 1.80 bits per heavy atom. The Kier molecular flexibility index (Phi) is 3.18. The van der Waals surface area contributed by atoms with Gasteiger partial charge in [-0.2, -0.15) is 0 Å². The molecular weight excluding hydrogens is 266 g/mol. The van der Waals surface area contributed by atoms with Crippen LogP contribution in [0.15, 0.2) is 24.5 Å². The van der Waals surface area contributed by atoms with Crippen LogP contribution in [0.25, 0.3) is 10.2 Å². The van der Waals surface area contributed by atoms with E-state index in [1.165, 1.54) is 21.6 Å². The molecule has 2 aromatic heterocycles. The van der Waals surface area contributed by atoms with Crippen LogP contribution in [0.5, 0.6) is 0 Å². The zero-order valence-electron chi connectivity index (χ0n) is 12.1. The Labute approximate surface area is 122 Å². The van der Waals surface area contributed by atoms with E-state index < -0.39 is 0 Å². The van der Waals surface area contributed by atoms with Crippen molar-refractivity contribution >= 4 is 33.1 Å². The average Bonchev–Trinajstić information content (AvgIpc) is 2.72. The van der Waals surface area contributed by atoms with Crippen molar-refractivity contribution in [1.29, 1.82) is 0 Å². The molecule has 1 aromatic carbocycles. The van der Waals surface area contributed by atoms with E-state index >= 15 is 0 Å². The Balaban J connectivity index is 2.13. The number of fused-ring (bicyclic) bond motifs is 1. The van der Waals surface area contributed by atoms with Gasteiger partial charge in [0, 0.05) is 10.6 Å². The highest BCUT2D eigenvalue weighted by Crippen LogP contribution is 2.34. The lowest BCUT2D eigenvalue weighted by molar-refractivity contribution is 1.22. The molecule has 1 N–H and O–H groups in total. The molecule has 102 valence electrons. The summed E-state index contributed by atoms with van der Waals surface area (Å²) in [6.07, 6.45) is 1.63. The van der Waals surface area contributed by atoms with Crippen molar-refractivity contribution in [3.05, 3.63) is 46.1 Å². The molecule has 0 fully saturated rings. The first-order valence-corrected chi connectivity index (χ1v) is 7.43. The van der Waals surface area contributed by atoms with Crippen LogP contribution in [0.4, 0.5) is 11.5 Å². The highest BCUT2D eigenvalue weighted by molar-refractivity contribution is 7.18. The molecule has 2 heterocycles. The number of aromatic nitrogens is 2. The van der Waals surface area contributed by atoms with E-state index in [9.17, 15) is 0 Å². The molecule has 3 rings (SSSR count). The fraction of sp³-hybridized carbons (Fsp3) is 0.250. The molecule has 0 spiro atoms. The quantitative estimate of drug-likeness (QED) is 0.742. The van der Waals surface area contributed by atoms with Gasteiger partial charge in [0.25, 0.3) is 0 Å². The number of thiophene rings is 1. The summed E-state index contributed by atoms with van der Waals surface area (Å²) in [6, 6.07) is 6.27. The van der Waals surface area contributed by atoms with Gasteiger partial charge in [0.2, 0.25) is 0 Å². The molecule has 0 aliphatic carbocycles. The van der Waals surface area contributed by atoms with Gasteiger partial charge in [0.15, 0.2) is 0 Å². The largest absolute Gasteiger partial charge is 0.339 e. The van der Waals surface area contributed by atoms with Crippen molar-refractivity contribution in [2.24, 2.45) is 0 Å². The van der Waals surface area contributed by atoms with Crippen LogP contribution in [0, 0.1) is 27.7 Å². The summed E-state index contributed by atoms with van der Waals surface area (Å²) in [5.74, 6) is 0.894. The SMILES string of the molecule is Cc1cccc(Nc2ncnc3sc(C)c(C)c23)c1C. The highest BCUT2D eigenvalue weighted by atomic mass is 32.1. The van der Waals surface area contributed by atoms with E-state index in [0.29, 0.717) is 0 Å². The first-order valence-electron chi connectivity index (χ1n) is 6.62. The molecule has 0 saturated heterocycles. The third kappa shape index (κ3) is 2.06. The second-order valence-corrected chi connectivity index (χ2v) is 6.26. The minimum Gasteiger partial charge on any atom is -0.339 e. The maximum Gasteiger partial charge on any atom is 0.142 e. The summed E-state index contributed by atoms with van der Waals surface area (Å²) < 4.78 is 0. The predicted molar refractivity (Wildman–Crippen MR) is 86.1 cm³/mol. The van der Waals surface area contributed by atoms with Crippen molar-refractivity contribution in [3.8, 4) is 0 Å². The first-order chi connectivity index (χ1) is 9.58. The molecular formula is C16H17N3S. The highest BCUT2D eigenvalue weighted by Gasteiger charge is 2.12. The summed E-state index contributed by atoms with van der Waals surface area (Å²) in [7, 11) is 0. The third-order valence-electron chi connectivity index (χ3n) is 3.82. The molecule has 3 nitrogen and oxygen atoms in total. The zero-order chi connectivity index (χ0) is 14.3. The van der Waals surface area contributed by atoms with Crippen molar-refractivity contribution < 1.29 is 0 Å². The summed E-state index contributed by atoms with van der Waals surface area (Å²) in [6.45, 7) is 8.51.